The van der Waals surface area contributed by atoms with Crippen LogP contribution in [0.15, 0.2) is 36.7 Å². The van der Waals surface area contributed by atoms with Crippen molar-refractivity contribution < 1.29 is 9.53 Å². The number of anilines is 1. The van der Waals surface area contributed by atoms with Crippen molar-refractivity contribution in [2.75, 3.05) is 18.1 Å². The average molecular weight is 409 g/mol. The summed E-state index contributed by atoms with van der Waals surface area (Å²) >= 11 is 6.21. The van der Waals surface area contributed by atoms with Gasteiger partial charge in [0.1, 0.15) is 5.82 Å². The van der Waals surface area contributed by atoms with Crippen molar-refractivity contribution in [1.29, 1.82) is 0 Å². The minimum absolute atomic E-state index is 0.185. The zero-order valence-corrected chi connectivity index (χ0v) is 16.7. The summed E-state index contributed by atoms with van der Waals surface area (Å²) in [6, 6.07) is 7.82. The molecule has 7 heteroatoms. The zero-order chi connectivity index (χ0) is 19.6. The molecule has 1 saturated carbocycles. The van der Waals surface area contributed by atoms with E-state index in [9.17, 15) is 4.79 Å². The molecule has 2 fully saturated rings. The molecule has 1 aromatic carbocycles. The lowest BCUT2D eigenvalue weighted by Crippen LogP contribution is -2.33. The molecule has 6 rings (SSSR count). The van der Waals surface area contributed by atoms with Gasteiger partial charge in [0.15, 0.2) is 0 Å². The smallest absolute Gasteiger partial charge is 0.238 e. The maximum atomic E-state index is 13.3. The Morgan fingerprint density at radius 3 is 2.86 bits per heavy atom. The second-order valence-electron chi connectivity index (χ2n) is 8.37. The minimum Gasteiger partial charge on any atom is -0.381 e. The van der Waals surface area contributed by atoms with Crippen LogP contribution in [-0.4, -0.2) is 33.7 Å². The number of rotatable bonds is 5. The van der Waals surface area contributed by atoms with Gasteiger partial charge in [-0.05, 0) is 49.1 Å². The Bertz CT molecular complexity index is 1130. The predicted octanol–water partition coefficient (Wildman–Crippen LogP) is 3.70. The van der Waals surface area contributed by atoms with Crippen molar-refractivity contribution in [3.8, 4) is 0 Å². The summed E-state index contributed by atoms with van der Waals surface area (Å²) < 4.78 is 7.57. The largest absolute Gasteiger partial charge is 0.381 e. The van der Waals surface area contributed by atoms with Crippen LogP contribution < -0.4 is 4.90 Å². The molecule has 0 bridgehead atoms. The molecule has 0 unspecified atom stereocenters. The molecule has 1 spiro atoms. The highest BCUT2D eigenvalue weighted by molar-refractivity contribution is 6.31. The number of amides is 1. The summed E-state index contributed by atoms with van der Waals surface area (Å²) in [4.78, 5) is 24.3. The molecule has 0 N–H and O–H groups in total. The van der Waals surface area contributed by atoms with Gasteiger partial charge in [-0.15, -0.1) is 0 Å². The van der Waals surface area contributed by atoms with E-state index < -0.39 is 0 Å². The molecule has 29 heavy (non-hydrogen) atoms. The highest BCUT2D eigenvalue weighted by Gasteiger charge is 2.59. The number of pyridine rings is 1. The average Bonchev–Trinajstić information content (AvgIpc) is 3.38. The first-order valence-corrected chi connectivity index (χ1v) is 10.5. The summed E-state index contributed by atoms with van der Waals surface area (Å²) in [7, 11) is 0. The molecule has 4 heterocycles. The van der Waals surface area contributed by atoms with Crippen molar-refractivity contribution in [3.05, 3.63) is 53.1 Å². The number of imidazole rings is 1. The van der Waals surface area contributed by atoms with E-state index in [1.165, 1.54) is 0 Å². The third-order valence-electron chi connectivity index (χ3n) is 6.57. The second-order valence-corrected chi connectivity index (χ2v) is 8.81. The number of aromatic nitrogens is 3. The Labute approximate surface area is 173 Å². The number of hydrogen-bond acceptors (Lipinski definition) is 4. The van der Waals surface area contributed by atoms with Gasteiger partial charge in [0, 0.05) is 23.7 Å². The lowest BCUT2D eigenvalue weighted by atomic mass is 9.99. The molecule has 0 atom stereocenters. The van der Waals surface area contributed by atoms with Gasteiger partial charge in [-0.2, -0.15) is 0 Å². The van der Waals surface area contributed by atoms with Crippen molar-refractivity contribution in [2.24, 2.45) is 5.92 Å². The standard InChI is InChI=1S/C22H21ClN4O2/c23-15-1-2-18-17(9-15)25-20(26(18)8-4-14-12-29-13-14)11-27-19-10-24-7-3-16(19)22(5-6-22)21(27)28/h1-3,7,9-10,14H,4-6,8,11-13H2. The Balaban J connectivity index is 1.39. The van der Waals surface area contributed by atoms with Crippen LogP contribution in [0.4, 0.5) is 5.69 Å². The quantitative estimate of drug-likeness (QED) is 0.645. The van der Waals surface area contributed by atoms with Crippen LogP contribution in [0.1, 0.15) is 30.7 Å². The van der Waals surface area contributed by atoms with Gasteiger partial charge in [-0.3, -0.25) is 9.78 Å². The molecule has 2 aromatic heterocycles. The van der Waals surface area contributed by atoms with Crippen molar-refractivity contribution in [3.63, 3.8) is 0 Å². The lowest BCUT2D eigenvalue weighted by molar-refractivity contribution is -0.120. The summed E-state index contributed by atoms with van der Waals surface area (Å²) in [5.41, 5.74) is 3.66. The summed E-state index contributed by atoms with van der Waals surface area (Å²) in [5.74, 6) is 1.67. The van der Waals surface area contributed by atoms with E-state index in [0.717, 1.165) is 67.1 Å². The fourth-order valence-corrected chi connectivity index (χ4v) is 4.85. The van der Waals surface area contributed by atoms with Gasteiger partial charge in [0.25, 0.3) is 0 Å². The molecule has 1 aliphatic carbocycles. The molecule has 0 radical (unpaired) electrons. The number of fused-ring (bicyclic) bond motifs is 3. The van der Waals surface area contributed by atoms with Crippen LogP contribution >= 0.6 is 11.6 Å². The fraction of sp³-hybridized carbons (Fsp3) is 0.409. The molecule has 2 aliphatic heterocycles. The van der Waals surface area contributed by atoms with E-state index in [2.05, 4.69) is 9.55 Å². The highest BCUT2D eigenvalue weighted by Crippen LogP contribution is 2.57. The van der Waals surface area contributed by atoms with Gasteiger partial charge in [0.2, 0.25) is 5.91 Å². The van der Waals surface area contributed by atoms with E-state index in [1.54, 1.807) is 6.20 Å². The number of halogens is 1. The Morgan fingerprint density at radius 2 is 2.10 bits per heavy atom. The number of carbonyl (C=O) groups is 1. The zero-order valence-electron chi connectivity index (χ0n) is 16.0. The van der Waals surface area contributed by atoms with E-state index in [4.69, 9.17) is 21.3 Å². The Hall–Kier alpha value is -2.44. The normalized spacial score (nSPS) is 19.8. The molecule has 3 aromatic rings. The van der Waals surface area contributed by atoms with E-state index in [-0.39, 0.29) is 11.3 Å². The SMILES string of the molecule is O=C1N(Cc2nc3cc(Cl)ccc3n2CCC2COC2)c2cnccc2C12CC2. The topological polar surface area (TPSA) is 60.2 Å². The van der Waals surface area contributed by atoms with Crippen molar-refractivity contribution >= 4 is 34.2 Å². The van der Waals surface area contributed by atoms with Crippen LogP contribution in [0.2, 0.25) is 5.02 Å². The highest BCUT2D eigenvalue weighted by atomic mass is 35.5. The molecule has 6 nitrogen and oxygen atoms in total. The minimum atomic E-state index is -0.318. The molecule has 1 saturated heterocycles. The van der Waals surface area contributed by atoms with Gasteiger partial charge >= 0.3 is 0 Å². The number of aryl methyl sites for hydroxylation is 1. The lowest BCUT2D eigenvalue weighted by Gasteiger charge is -2.26. The maximum Gasteiger partial charge on any atom is 0.238 e. The van der Waals surface area contributed by atoms with Gasteiger partial charge in [-0.25, -0.2) is 4.98 Å². The van der Waals surface area contributed by atoms with Crippen LogP contribution in [0.25, 0.3) is 11.0 Å². The number of carbonyl (C=O) groups excluding carboxylic acids is 1. The van der Waals surface area contributed by atoms with Crippen LogP contribution in [0, 0.1) is 5.92 Å². The summed E-state index contributed by atoms with van der Waals surface area (Å²) in [6.45, 7) is 2.97. The van der Waals surface area contributed by atoms with Gasteiger partial charge in [0.05, 0.1) is 48.1 Å². The van der Waals surface area contributed by atoms with Crippen molar-refractivity contribution in [1.82, 2.24) is 14.5 Å². The van der Waals surface area contributed by atoms with E-state index >= 15 is 0 Å². The summed E-state index contributed by atoms with van der Waals surface area (Å²) in [6.07, 6.45) is 6.49. The third-order valence-corrected chi connectivity index (χ3v) is 6.80. The third kappa shape index (κ3) is 2.62. The number of nitrogens with zero attached hydrogens (tertiary/aromatic N) is 4. The summed E-state index contributed by atoms with van der Waals surface area (Å²) in [5, 5.41) is 0.671. The molecule has 1 amide bonds. The molecule has 148 valence electrons. The predicted molar refractivity (Wildman–Crippen MR) is 110 cm³/mol. The van der Waals surface area contributed by atoms with E-state index in [0.29, 0.717) is 17.5 Å². The second kappa shape index (κ2) is 6.28. The van der Waals surface area contributed by atoms with Crippen molar-refractivity contribution in [2.45, 2.75) is 37.8 Å². The number of benzene rings is 1. The fourth-order valence-electron chi connectivity index (χ4n) is 4.68. The van der Waals surface area contributed by atoms with Gasteiger partial charge < -0.3 is 14.2 Å². The van der Waals surface area contributed by atoms with E-state index in [1.807, 2.05) is 35.4 Å². The van der Waals surface area contributed by atoms with Crippen LogP contribution in [-0.2, 0) is 28.0 Å². The molecular formula is C22H21ClN4O2. The van der Waals surface area contributed by atoms with Crippen LogP contribution in [0.3, 0.4) is 0 Å². The maximum absolute atomic E-state index is 13.3. The Morgan fingerprint density at radius 1 is 1.24 bits per heavy atom. The number of hydrogen-bond donors (Lipinski definition) is 0. The van der Waals surface area contributed by atoms with Crippen LogP contribution in [0.5, 0.6) is 0 Å². The Kier molecular flexibility index (Phi) is 3.77. The molecule has 3 aliphatic rings. The van der Waals surface area contributed by atoms with Gasteiger partial charge in [-0.1, -0.05) is 11.6 Å². The first-order chi connectivity index (χ1) is 14.2. The molecular weight excluding hydrogens is 388 g/mol. The monoisotopic (exact) mass is 408 g/mol. The first kappa shape index (κ1) is 17.4. The first-order valence-electron chi connectivity index (χ1n) is 10.1. The number of ether oxygens (including phenoxy) is 1.